The molecule has 0 aliphatic heterocycles. The van der Waals surface area contributed by atoms with E-state index in [0.29, 0.717) is 0 Å². The van der Waals surface area contributed by atoms with Crippen molar-refractivity contribution >= 4 is 11.6 Å². The molecule has 1 atom stereocenters. The van der Waals surface area contributed by atoms with Gasteiger partial charge in [-0.1, -0.05) is 42.3 Å². The molecule has 0 fully saturated rings. The summed E-state index contributed by atoms with van der Waals surface area (Å²) in [6.07, 6.45) is 5.35. The predicted octanol–water partition coefficient (Wildman–Crippen LogP) is 2.96. The van der Waals surface area contributed by atoms with E-state index in [4.69, 9.17) is 6.42 Å². The van der Waals surface area contributed by atoms with Gasteiger partial charge in [0.2, 0.25) is 5.91 Å². The monoisotopic (exact) mass is 278 g/mol. The maximum absolute atomic E-state index is 11.9. The molecule has 21 heavy (non-hydrogen) atoms. The van der Waals surface area contributed by atoms with Crippen molar-refractivity contribution in [3.8, 4) is 12.3 Å². The molecule has 2 rings (SSSR count). The van der Waals surface area contributed by atoms with Crippen LogP contribution in [0, 0.1) is 12.3 Å². The summed E-state index contributed by atoms with van der Waals surface area (Å²) in [5, 5.41) is 6.02. The van der Waals surface area contributed by atoms with Crippen LogP contribution >= 0.6 is 0 Å². The zero-order valence-electron chi connectivity index (χ0n) is 12.0. The number of benzene rings is 2. The highest BCUT2D eigenvalue weighted by Crippen LogP contribution is 2.11. The van der Waals surface area contributed by atoms with E-state index in [9.17, 15) is 4.79 Å². The van der Waals surface area contributed by atoms with Gasteiger partial charge in [0.1, 0.15) is 0 Å². The van der Waals surface area contributed by atoms with Crippen molar-refractivity contribution in [2.75, 3.05) is 11.9 Å². The smallest absolute Gasteiger partial charge is 0.239 e. The number of carbonyl (C=O) groups excluding carboxylic acids is 1. The Morgan fingerprint density at radius 1 is 1.19 bits per heavy atom. The van der Waals surface area contributed by atoms with Gasteiger partial charge in [-0.05, 0) is 30.7 Å². The fourth-order valence-electron chi connectivity index (χ4n) is 2.02. The van der Waals surface area contributed by atoms with Crippen LogP contribution < -0.4 is 10.6 Å². The van der Waals surface area contributed by atoms with Crippen molar-refractivity contribution in [2.24, 2.45) is 0 Å². The molecule has 0 aromatic heterocycles. The largest absolute Gasteiger partial charge is 0.376 e. The lowest BCUT2D eigenvalue weighted by Gasteiger charge is -2.15. The quantitative estimate of drug-likeness (QED) is 0.826. The van der Waals surface area contributed by atoms with E-state index in [-0.39, 0.29) is 18.5 Å². The van der Waals surface area contributed by atoms with Crippen LogP contribution in [-0.4, -0.2) is 12.5 Å². The van der Waals surface area contributed by atoms with Crippen molar-refractivity contribution in [3.63, 3.8) is 0 Å². The van der Waals surface area contributed by atoms with E-state index in [1.807, 2.05) is 61.5 Å². The molecule has 2 aromatic carbocycles. The molecule has 3 heteroatoms. The van der Waals surface area contributed by atoms with Gasteiger partial charge >= 0.3 is 0 Å². The van der Waals surface area contributed by atoms with E-state index in [2.05, 4.69) is 16.6 Å². The number of anilines is 1. The predicted molar refractivity (Wildman–Crippen MR) is 85.9 cm³/mol. The molecular formula is C18H18N2O. The molecule has 2 aromatic rings. The molecule has 0 saturated carbocycles. The van der Waals surface area contributed by atoms with Crippen molar-refractivity contribution in [1.29, 1.82) is 0 Å². The Morgan fingerprint density at radius 3 is 2.67 bits per heavy atom. The fraction of sp³-hybridized carbons (Fsp3) is 0.167. The van der Waals surface area contributed by atoms with Crippen LogP contribution in [0.2, 0.25) is 0 Å². The van der Waals surface area contributed by atoms with Crippen LogP contribution in [0.25, 0.3) is 0 Å². The highest BCUT2D eigenvalue weighted by molar-refractivity contribution is 5.81. The van der Waals surface area contributed by atoms with Crippen LogP contribution in [-0.2, 0) is 4.79 Å². The molecule has 2 N–H and O–H groups in total. The maximum Gasteiger partial charge on any atom is 0.239 e. The van der Waals surface area contributed by atoms with Gasteiger partial charge in [-0.15, -0.1) is 6.42 Å². The molecule has 1 amide bonds. The van der Waals surface area contributed by atoms with E-state index < -0.39 is 0 Å². The number of rotatable bonds is 5. The Morgan fingerprint density at radius 2 is 1.95 bits per heavy atom. The minimum atomic E-state index is -0.0579. The number of nitrogens with one attached hydrogen (secondary N) is 2. The van der Waals surface area contributed by atoms with Gasteiger partial charge in [0, 0.05) is 11.3 Å². The lowest BCUT2D eigenvalue weighted by molar-refractivity contribution is -0.120. The third-order valence-electron chi connectivity index (χ3n) is 3.16. The molecule has 0 radical (unpaired) electrons. The van der Waals surface area contributed by atoms with E-state index in [0.717, 1.165) is 16.8 Å². The summed E-state index contributed by atoms with van der Waals surface area (Å²) in [6, 6.07) is 17.3. The van der Waals surface area contributed by atoms with Crippen molar-refractivity contribution in [3.05, 3.63) is 65.7 Å². The topological polar surface area (TPSA) is 41.1 Å². The van der Waals surface area contributed by atoms with Crippen LogP contribution in [0.15, 0.2) is 54.6 Å². The lowest BCUT2D eigenvalue weighted by Crippen LogP contribution is -2.32. The van der Waals surface area contributed by atoms with Crippen molar-refractivity contribution < 1.29 is 4.79 Å². The minimum Gasteiger partial charge on any atom is -0.376 e. The summed E-state index contributed by atoms with van der Waals surface area (Å²) in [6.45, 7) is 2.18. The van der Waals surface area contributed by atoms with Gasteiger partial charge in [0.05, 0.1) is 12.6 Å². The summed E-state index contributed by atoms with van der Waals surface area (Å²) in [4.78, 5) is 11.9. The molecule has 3 nitrogen and oxygen atoms in total. The second-order valence-electron chi connectivity index (χ2n) is 4.78. The second kappa shape index (κ2) is 7.16. The molecule has 0 spiro atoms. The minimum absolute atomic E-state index is 0.0162. The summed E-state index contributed by atoms with van der Waals surface area (Å²) in [5.74, 6) is 2.51. The summed E-state index contributed by atoms with van der Waals surface area (Å²) < 4.78 is 0. The first-order valence-corrected chi connectivity index (χ1v) is 6.84. The number of amides is 1. The normalized spacial score (nSPS) is 11.2. The summed E-state index contributed by atoms with van der Waals surface area (Å²) >= 11 is 0. The first-order valence-electron chi connectivity index (χ1n) is 6.84. The van der Waals surface area contributed by atoms with Crippen LogP contribution in [0.5, 0.6) is 0 Å². The van der Waals surface area contributed by atoms with Gasteiger partial charge in [0.25, 0.3) is 0 Å². The van der Waals surface area contributed by atoms with Crippen molar-refractivity contribution in [2.45, 2.75) is 13.0 Å². The summed E-state index contributed by atoms with van der Waals surface area (Å²) in [5.41, 5.74) is 2.71. The molecule has 0 aliphatic carbocycles. The highest BCUT2D eigenvalue weighted by Gasteiger charge is 2.08. The first-order chi connectivity index (χ1) is 10.2. The Hall–Kier alpha value is -2.73. The zero-order valence-corrected chi connectivity index (χ0v) is 12.0. The molecule has 0 unspecified atom stereocenters. The average molecular weight is 278 g/mol. The molecule has 0 heterocycles. The van der Waals surface area contributed by atoms with Gasteiger partial charge in [-0.3, -0.25) is 4.79 Å². The third kappa shape index (κ3) is 4.39. The third-order valence-corrected chi connectivity index (χ3v) is 3.16. The van der Waals surface area contributed by atoms with Gasteiger partial charge in [-0.2, -0.15) is 0 Å². The Balaban J connectivity index is 1.86. The van der Waals surface area contributed by atoms with E-state index in [1.54, 1.807) is 0 Å². The molecule has 0 saturated heterocycles. The van der Waals surface area contributed by atoms with Crippen LogP contribution in [0.3, 0.4) is 0 Å². The van der Waals surface area contributed by atoms with E-state index >= 15 is 0 Å². The standard InChI is InChI=1S/C18H18N2O/c1-3-15-8-7-11-17(12-15)19-13-18(21)20-14(2)16-9-5-4-6-10-16/h1,4-12,14,19H,13H2,2H3,(H,20,21)/t14-/m0/s1. The Kier molecular flexibility index (Phi) is 5.00. The van der Waals surface area contributed by atoms with Crippen LogP contribution in [0.4, 0.5) is 5.69 Å². The molecular weight excluding hydrogens is 260 g/mol. The van der Waals surface area contributed by atoms with Crippen molar-refractivity contribution in [1.82, 2.24) is 5.32 Å². The van der Waals surface area contributed by atoms with E-state index in [1.165, 1.54) is 0 Å². The number of terminal acetylenes is 1. The van der Waals surface area contributed by atoms with Crippen LogP contribution in [0.1, 0.15) is 24.1 Å². The number of carbonyl (C=O) groups is 1. The highest BCUT2D eigenvalue weighted by atomic mass is 16.1. The Bertz CT molecular complexity index is 644. The second-order valence-corrected chi connectivity index (χ2v) is 4.78. The van der Waals surface area contributed by atoms with Gasteiger partial charge in [-0.25, -0.2) is 0 Å². The SMILES string of the molecule is C#Cc1cccc(NCC(=O)N[C@@H](C)c2ccccc2)c1. The maximum atomic E-state index is 11.9. The molecule has 106 valence electrons. The van der Waals surface area contributed by atoms with Gasteiger partial charge < -0.3 is 10.6 Å². The number of hydrogen-bond acceptors (Lipinski definition) is 2. The zero-order chi connectivity index (χ0) is 15.1. The molecule has 0 bridgehead atoms. The average Bonchev–Trinajstić information content (AvgIpc) is 2.54. The molecule has 0 aliphatic rings. The fourth-order valence-corrected chi connectivity index (χ4v) is 2.02. The summed E-state index contributed by atoms with van der Waals surface area (Å²) in [7, 11) is 0. The lowest BCUT2D eigenvalue weighted by atomic mass is 10.1. The first kappa shape index (κ1) is 14.7. The Labute approximate surface area is 125 Å². The number of hydrogen-bond donors (Lipinski definition) is 2. The van der Waals surface area contributed by atoms with Gasteiger partial charge in [0.15, 0.2) is 0 Å².